The summed E-state index contributed by atoms with van der Waals surface area (Å²) < 4.78 is 4.50. The van der Waals surface area contributed by atoms with Crippen LogP contribution < -0.4 is 0 Å². The van der Waals surface area contributed by atoms with Gasteiger partial charge in [0, 0.05) is 5.92 Å². The molecule has 1 fully saturated rings. The van der Waals surface area contributed by atoms with E-state index in [9.17, 15) is 4.79 Å². The van der Waals surface area contributed by atoms with Crippen LogP contribution in [0.2, 0.25) is 0 Å². The number of carbonyl (C=O) groups excluding carboxylic acids is 1. The Kier molecular flexibility index (Phi) is 5.81. The fourth-order valence-electron chi connectivity index (χ4n) is 1.75. The van der Waals surface area contributed by atoms with E-state index in [1.165, 1.54) is 20.0 Å². The minimum absolute atomic E-state index is 0.291. The molecule has 3 nitrogen and oxygen atoms in total. The van der Waals surface area contributed by atoms with Crippen molar-refractivity contribution in [3.63, 3.8) is 0 Å². The number of nitriles is 1. The van der Waals surface area contributed by atoms with Crippen molar-refractivity contribution in [1.29, 1.82) is 5.26 Å². The van der Waals surface area contributed by atoms with Gasteiger partial charge in [0.25, 0.3) is 0 Å². The molecule has 1 aliphatic carbocycles. The summed E-state index contributed by atoms with van der Waals surface area (Å²) in [7, 11) is 1.37. The Morgan fingerprint density at radius 2 is 1.88 bits per heavy atom. The SMILES string of the molecule is COC(=O)c1ccccc1.N#CC1CCCC1. The molecule has 0 aromatic heterocycles. The first-order valence-electron chi connectivity index (χ1n) is 5.81. The van der Waals surface area contributed by atoms with E-state index in [0.717, 1.165) is 12.8 Å². The zero-order chi connectivity index (χ0) is 12.5. The molecule has 1 aromatic carbocycles. The maximum Gasteiger partial charge on any atom is 0.337 e. The van der Waals surface area contributed by atoms with Gasteiger partial charge in [-0.15, -0.1) is 0 Å². The highest BCUT2D eigenvalue weighted by Crippen LogP contribution is 2.23. The topological polar surface area (TPSA) is 50.1 Å². The molecule has 0 bridgehead atoms. The average molecular weight is 231 g/mol. The molecule has 1 aliphatic rings. The van der Waals surface area contributed by atoms with Crippen molar-refractivity contribution >= 4 is 5.97 Å². The van der Waals surface area contributed by atoms with E-state index in [0.29, 0.717) is 11.5 Å². The van der Waals surface area contributed by atoms with Gasteiger partial charge in [0.2, 0.25) is 0 Å². The minimum atomic E-state index is -0.291. The number of benzene rings is 1. The number of hydrogen-bond acceptors (Lipinski definition) is 3. The van der Waals surface area contributed by atoms with Crippen LogP contribution in [0.4, 0.5) is 0 Å². The number of hydrogen-bond donors (Lipinski definition) is 0. The van der Waals surface area contributed by atoms with Gasteiger partial charge in [-0.25, -0.2) is 4.79 Å². The van der Waals surface area contributed by atoms with Crippen LogP contribution in [0.15, 0.2) is 30.3 Å². The molecule has 1 aromatic rings. The highest BCUT2D eigenvalue weighted by atomic mass is 16.5. The molecule has 0 heterocycles. The Labute approximate surface area is 102 Å². The van der Waals surface area contributed by atoms with Crippen molar-refractivity contribution in [1.82, 2.24) is 0 Å². The summed E-state index contributed by atoms with van der Waals surface area (Å²) in [5.41, 5.74) is 0.588. The Morgan fingerprint density at radius 1 is 1.29 bits per heavy atom. The fraction of sp³-hybridized carbons (Fsp3) is 0.429. The van der Waals surface area contributed by atoms with E-state index in [1.807, 2.05) is 6.07 Å². The first-order chi connectivity index (χ1) is 8.27. The molecular formula is C14H17NO2. The molecule has 0 unspecified atom stereocenters. The highest BCUT2D eigenvalue weighted by Gasteiger charge is 2.12. The molecule has 90 valence electrons. The smallest absolute Gasteiger partial charge is 0.337 e. The van der Waals surface area contributed by atoms with Crippen LogP contribution >= 0.6 is 0 Å². The van der Waals surface area contributed by atoms with Crippen molar-refractivity contribution in [3.8, 4) is 6.07 Å². The van der Waals surface area contributed by atoms with Crippen molar-refractivity contribution in [2.45, 2.75) is 25.7 Å². The summed E-state index contributed by atoms with van der Waals surface area (Å²) in [4.78, 5) is 10.8. The zero-order valence-electron chi connectivity index (χ0n) is 10.1. The lowest BCUT2D eigenvalue weighted by Crippen LogP contribution is -1.99. The van der Waals surface area contributed by atoms with Gasteiger partial charge in [0.05, 0.1) is 18.7 Å². The van der Waals surface area contributed by atoms with Crippen molar-refractivity contribution in [2.75, 3.05) is 7.11 Å². The number of methoxy groups -OCH3 is 1. The Morgan fingerprint density at radius 3 is 2.29 bits per heavy atom. The summed E-state index contributed by atoms with van der Waals surface area (Å²) in [6, 6.07) is 11.1. The summed E-state index contributed by atoms with van der Waals surface area (Å²) in [6.07, 6.45) is 4.85. The second kappa shape index (κ2) is 7.45. The van der Waals surface area contributed by atoms with Crippen LogP contribution in [0.25, 0.3) is 0 Å². The van der Waals surface area contributed by atoms with E-state index in [-0.39, 0.29) is 5.97 Å². The zero-order valence-corrected chi connectivity index (χ0v) is 10.1. The van der Waals surface area contributed by atoms with Crippen molar-refractivity contribution < 1.29 is 9.53 Å². The van der Waals surface area contributed by atoms with Gasteiger partial charge >= 0.3 is 5.97 Å². The Hall–Kier alpha value is -1.82. The lowest BCUT2D eigenvalue weighted by Gasteiger charge is -1.95. The van der Waals surface area contributed by atoms with Gasteiger partial charge < -0.3 is 4.74 Å². The molecule has 0 N–H and O–H groups in total. The maximum atomic E-state index is 10.8. The lowest BCUT2D eigenvalue weighted by molar-refractivity contribution is 0.0601. The third kappa shape index (κ3) is 4.69. The largest absolute Gasteiger partial charge is 0.465 e. The third-order valence-corrected chi connectivity index (χ3v) is 2.73. The molecule has 3 heteroatoms. The number of ether oxygens (including phenoxy) is 1. The molecule has 17 heavy (non-hydrogen) atoms. The quantitative estimate of drug-likeness (QED) is 0.697. The van der Waals surface area contributed by atoms with Crippen LogP contribution in [0, 0.1) is 17.2 Å². The molecule has 1 saturated carbocycles. The van der Waals surface area contributed by atoms with Crippen LogP contribution in [0.3, 0.4) is 0 Å². The Bertz CT molecular complexity index is 375. The molecular weight excluding hydrogens is 214 g/mol. The predicted molar refractivity (Wildman–Crippen MR) is 65.4 cm³/mol. The van der Waals surface area contributed by atoms with E-state index < -0.39 is 0 Å². The summed E-state index contributed by atoms with van der Waals surface area (Å²) in [5, 5.41) is 8.32. The normalized spacial score (nSPS) is 14.4. The van der Waals surface area contributed by atoms with Crippen LogP contribution in [-0.4, -0.2) is 13.1 Å². The molecule has 0 atom stereocenters. The monoisotopic (exact) mass is 231 g/mol. The van der Waals surface area contributed by atoms with E-state index in [2.05, 4.69) is 10.8 Å². The first-order valence-corrected chi connectivity index (χ1v) is 5.81. The van der Waals surface area contributed by atoms with Gasteiger partial charge in [-0.2, -0.15) is 5.26 Å². The minimum Gasteiger partial charge on any atom is -0.465 e. The van der Waals surface area contributed by atoms with Gasteiger partial charge in [-0.05, 0) is 25.0 Å². The maximum absolute atomic E-state index is 10.8. The third-order valence-electron chi connectivity index (χ3n) is 2.73. The van der Waals surface area contributed by atoms with Gasteiger partial charge in [0.15, 0.2) is 0 Å². The predicted octanol–water partition coefficient (Wildman–Crippen LogP) is 3.17. The van der Waals surface area contributed by atoms with Gasteiger partial charge in [0.1, 0.15) is 0 Å². The molecule has 0 aliphatic heterocycles. The van der Waals surface area contributed by atoms with Gasteiger partial charge in [-0.3, -0.25) is 0 Å². The second-order valence-corrected chi connectivity index (χ2v) is 3.97. The molecule has 0 radical (unpaired) electrons. The summed E-state index contributed by atoms with van der Waals surface area (Å²) >= 11 is 0. The van der Waals surface area contributed by atoms with Crippen LogP contribution in [-0.2, 0) is 4.74 Å². The fourth-order valence-corrected chi connectivity index (χ4v) is 1.75. The second-order valence-electron chi connectivity index (χ2n) is 3.97. The molecule has 0 amide bonds. The highest BCUT2D eigenvalue weighted by molar-refractivity contribution is 5.89. The lowest BCUT2D eigenvalue weighted by atomic mass is 10.1. The van der Waals surface area contributed by atoms with E-state index in [1.54, 1.807) is 24.3 Å². The van der Waals surface area contributed by atoms with E-state index in [4.69, 9.17) is 5.26 Å². The summed E-state index contributed by atoms with van der Waals surface area (Å²) in [6.45, 7) is 0. The Balaban J connectivity index is 0.000000181. The van der Waals surface area contributed by atoms with Crippen molar-refractivity contribution in [3.05, 3.63) is 35.9 Å². The molecule has 0 spiro atoms. The van der Waals surface area contributed by atoms with Crippen LogP contribution in [0.1, 0.15) is 36.0 Å². The molecule has 2 rings (SSSR count). The first kappa shape index (κ1) is 13.2. The van der Waals surface area contributed by atoms with Crippen LogP contribution in [0.5, 0.6) is 0 Å². The number of rotatable bonds is 1. The number of nitrogens with zero attached hydrogens (tertiary/aromatic N) is 1. The molecule has 0 saturated heterocycles. The van der Waals surface area contributed by atoms with E-state index >= 15 is 0 Å². The van der Waals surface area contributed by atoms with Gasteiger partial charge in [-0.1, -0.05) is 31.0 Å². The number of esters is 1. The number of carbonyl (C=O) groups is 1. The summed E-state index contributed by atoms with van der Waals surface area (Å²) in [5.74, 6) is 0.112. The standard InChI is InChI=1S/C8H8O2.C6H9N/c1-10-8(9)7-5-3-2-4-6-7;7-5-6-3-1-2-4-6/h2-6H,1H3;6H,1-4H2. The average Bonchev–Trinajstić information content (AvgIpc) is 2.93. The van der Waals surface area contributed by atoms with Crippen molar-refractivity contribution in [2.24, 2.45) is 5.92 Å².